The highest BCUT2D eigenvalue weighted by atomic mass is 16.5. The van der Waals surface area contributed by atoms with Gasteiger partial charge >= 0.3 is 0 Å². The lowest BCUT2D eigenvalue weighted by Crippen LogP contribution is -2.26. The molecule has 1 aliphatic rings. The number of nitrogens with zero attached hydrogens (tertiary/aromatic N) is 1. The van der Waals surface area contributed by atoms with Gasteiger partial charge < -0.3 is 10.1 Å². The maximum Gasteiger partial charge on any atom is 0.163 e. The predicted molar refractivity (Wildman–Crippen MR) is 75.2 cm³/mol. The number of hydrogen-bond donors (Lipinski definition) is 1. The molecular weight excluding hydrogens is 224 g/mol. The summed E-state index contributed by atoms with van der Waals surface area (Å²) in [5.41, 5.74) is 2.04. The minimum atomic E-state index is 0.587. The summed E-state index contributed by atoms with van der Waals surface area (Å²) in [6, 6.07) is 2.60. The number of nitrogens with one attached hydrogen (secondary N) is 1. The maximum atomic E-state index is 5.43. The van der Waals surface area contributed by atoms with E-state index in [1.54, 1.807) is 7.11 Å². The normalized spacial score (nSPS) is 23.7. The molecule has 0 atom stereocenters. The fourth-order valence-electron chi connectivity index (χ4n) is 2.86. The van der Waals surface area contributed by atoms with Crippen LogP contribution in [0.1, 0.15) is 44.7 Å². The second-order valence-electron chi connectivity index (χ2n) is 5.25. The molecule has 0 unspecified atom stereocenters. The molecule has 0 saturated heterocycles. The Hall–Kier alpha value is -1.25. The Kier molecular flexibility index (Phi) is 4.45. The van der Waals surface area contributed by atoms with Crippen molar-refractivity contribution in [1.29, 1.82) is 0 Å². The molecule has 1 N–H and O–H groups in total. The molecule has 1 fully saturated rings. The van der Waals surface area contributed by atoms with Crippen LogP contribution in [0.2, 0.25) is 0 Å². The number of aromatic nitrogens is 1. The van der Waals surface area contributed by atoms with Gasteiger partial charge in [0.15, 0.2) is 5.75 Å². The fourth-order valence-corrected chi connectivity index (χ4v) is 2.86. The molecule has 0 aliphatic heterocycles. The lowest BCUT2D eigenvalue weighted by molar-refractivity contribution is 0.329. The summed E-state index contributed by atoms with van der Waals surface area (Å²) in [4.78, 5) is 4.26. The molecule has 3 heteroatoms. The Morgan fingerprint density at radius 2 is 2.06 bits per heavy atom. The number of ether oxygens (including phenoxy) is 1. The smallest absolute Gasteiger partial charge is 0.163 e. The van der Waals surface area contributed by atoms with E-state index in [0.717, 1.165) is 23.0 Å². The number of pyridine rings is 1. The molecule has 3 nitrogen and oxygen atoms in total. The maximum absolute atomic E-state index is 5.43. The lowest BCUT2D eigenvalue weighted by atomic mass is 9.84. The standard InChI is InChI=1S/C15H24N2O/c1-4-12-5-7-13(8-6-12)17-14-9-10-16-11(2)15(14)18-3/h9-10,12-13H,4-8H2,1-3H3,(H,16,17)/t12-,13+. The molecule has 1 aromatic rings. The highest BCUT2D eigenvalue weighted by molar-refractivity contribution is 5.58. The van der Waals surface area contributed by atoms with E-state index in [1.807, 2.05) is 19.2 Å². The second-order valence-corrected chi connectivity index (χ2v) is 5.25. The number of rotatable bonds is 4. The van der Waals surface area contributed by atoms with Crippen LogP contribution in [-0.2, 0) is 0 Å². The van der Waals surface area contributed by atoms with Crippen molar-refractivity contribution in [1.82, 2.24) is 4.98 Å². The number of anilines is 1. The van der Waals surface area contributed by atoms with Crippen molar-refractivity contribution in [3.63, 3.8) is 0 Å². The van der Waals surface area contributed by atoms with Crippen LogP contribution >= 0.6 is 0 Å². The highest BCUT2D eigenvalue weighted by Crippen LogP contribution is 2.32. The van der Waals surface area contributed by atoms with Crippen molar-refractivity contribution in [2.75, 3.05) is 12.4 Å². The van der Waals surface area contributed by atoms with Crippen molar-refractivity contribution < 1.29 is 4.74 Å². The number of hydrogen-bond acceptors (Lipinski definition) is 3. The van der Waals surface area contributed by atoms with Gasteiger partial charge in [0.2, 0.25) is 0 Å². The van der Waals surface area contributed by atoms with E-state index in [-0.39, 0.29) is 0 Å². The molecule has 2 rings (SSSR count). The van der Waals surface area contributed by atoms with Gasteiger partial charge in [0.1, 0.15) is 0 Å². The Morgan fingerprint density at radius 1 is 1.33 bits per heavy atom. The van der Waals surface area contributed by atoms with Gasteiger partial charge in [-0.25, -0.2) is 0 Å². The molecule has 0 spiro atoms. The zero-order chi connectivity index (χ0) is 13.0. The molecule has 0 amide bonds. The zero-order valence-corrected chi connectivity index (χ0v) is 11.7. The van der Waals surface area contributed by atoms with E-state index in [1.165, 1.54) is 32.1 Å². The first-order valence-corrected chi connectivity index (χ1v) is 7.00. The Balaban J connectivity index is 2.00. The summed E-state index contributed by atoms with van der Waals surface area (Å²) in [5, 5.41) is 3.62. The molecular formula is C15H24N2O. The van der Waals surface area contributed by atoms with Crippen molar-refractivity contribution in [2.24, 2.45) is 5.92 Å². The molecule has 18 heavy (non-hydrogen) atoms. The number of aryl methyl sites for hydroxylation is 1. The van der Waals surface area contributed by atoms with Gasteiger partial charge in [0, 0.05) is 12.2 Å². The Labute approximate surface area is 110 Å². The van der Waals surface area contributed by atoms with Crippen molar-refractivity contribution in [2.45, 2.75) is 52.0 Å². The zero-order valence-electron chi connectivity index (χ0n) is 11.7. The SMILES string of the molecule is CC[C@H]1CC[C@@H](Nc2ccnc(C)c2OC)CC1. The first-order valence-electron chi connectivity index (χ1n) is 7.00. The lowest BCUT2D eigenvalue weighted by Gasteiger charge is -2.29. The van der Waals surface area contributed by atoms with Crippen molar-refractivity contribution >= 4 is 5.69 Å². The average molecular weight is 248 g/mol. The molecule has 0 aromatic carbocycles. The van der Waals surface area contributed by atoms with Gasteiger partial charge in [-0.1, -0.05) is 13.3 Å². The third-order valence-electron chi connectivity index (χ3n) is 4.07. The second kappa shape index (κ2) is 6.07. The molecule has 0 radical (unpaired) electrons. The van der Waals surface area contributed by atoms with Crippen LogP contribution in [0.25, 0.3) is 0 Å². The van der Waals surface area contributed by atoms with E-state index in [4.69, 9.17) is 4.74 Å². The van der Waals surface area contributed by atoms with E-state index in [9.17, 15) is 0 Å². The molecule has 0 bridgehead atoms. The Bertz CT molecular complexity index is 384. The van der Waals surface area contributed by atoms with Crippen LogP contribution in [0.5, 0.6) is 5.75 Å². The minimum Gasteiger partial charge on any atom is -0.493 e. The van der Waals surface area contributed by atoms with Crippen LogP contribution in [0, 0.1) is 12.8 Å². The molecule has 1 aromatic heterocycles. The summed E-state index contributed by atoms with van der Waals surface area (Å²) in [6.45, 7) is 4.28. The number of methoxy groups -OCH3 is 1. The first kappa shape index (κ1) is 13.2. The van der Waals surface area contributed by atoms with Gasteiger partial charge in [0.25, 0.3) is 0 Å². The molecule has 100 valence electrons. The van der Waals surface area contributed by atoms with Gasteiger partial charge in [0.05, 0.1) is 18.5 Å². The van der Waals surface area contributed by atoms with Crippen LogP contribution < -0.4 is 10.1 Å². The van der Waals surface area contributed by atoms with Crippen molar-refractivity contribution in [3.8, 4) is 5.75 Å². The van der Waals surface area contributed by atoms with Gasteiger partial charge in [-0.2, -0.15) is 0 Å². The molecule has 1 heterocycles. The average Bonchev–Trinajstić information content (AvgIpc) is 2.40. The molecule has 1 saturated carbocycles. The van der Waals surface area contributed by atoms with Crippen LogP contribution in [0.15, 0.2) is 12.3 Å². The predicted octanol–water partition coefficient (Wildman–Crippen LogP) is 3.78. The van der Waals surface area contributed by atoms with E-state index >= 15 is 0 Å². The van der Waals surface area contributed by atoms with Gasteiger partial charge in [-0.05, 0) is 44.6 Å². The van der Waals surface area contributed by atoms with Crippen LogP contribution in [0.4, 0.5) is 5.69 Å². The summed E-state index contributed by atoms with van der Waals surface area (Å²) in [6.07, 6.45) is 8.40. The largest absolute Gasteiger partial charge is 0.493 e. The van der Waals surface area contributed by atoms with E-state index in [2.05, 4.69) is 17.2 Å². The summed E-state index contributed by atoms with van der Waals surface area (Å²) in [7, 11) is 1.71. The van der Waals surface area contributed by atoms with Crippen molar-refractivity contribution in [3.05, 3.63) is 18.0 Å². The van der Waals surface area contributed by atoms with Crippen LogP contribution in [0.3, 0.4) is 0 Å². The monoisotopic (exact) mass is 248 g/mol. The summed E-state index contributed by atoms with van der Waals surface area (Å²) >= 11 is 0. The molecule has 1 aliphatic carbocycles. The fraction of sp³-hybridized carbons (Fsp3) is 0.667. The summed E-state index contributed by atoms with van der Waals surface area (Å²) in [5.74, 6) is 1.82. The third kappa shape index (κ3) is 2.95. The van der Waals surface area contributed by atoms with E-state index in [0.29, 0.717) is 6.04 Å². The summed E-state index contributed by atoms with van der Waals surface area (Å²) < 4.78 is 5.43. The van der Waals surface area contributed by atoms with Gasteiger partial charge in [-0.15, -0.1) is 0 Å². The quantitative estimate of drug-likeness (QED) is 0.880. The van der Waals surface area contributed by atoms with Crippen LogP contribution in [-0.4, -0.2) is 18.1 Å². The topological polar surface area (TPSA) is 34.2 Å². The first-order chi connectivity index (χ1) is 8.74. The van der Waals surface area contributed by atoms with E-state index < -0.39 is 0 Å². The third-order valence-corrected chi connectivity index (χ3v) is 4.07. The minimum absolute atomic E-state index is 0.587. The van der Waals surface area contributed by atoms with Gasteiger partial charge in [-0.3, -0.25) is 4.98 Å². The Morgan fingerprint density at radius 3 is 2.67 bits per heavy atom. The highest BCUT2D eigenvalue weighted by Gasteiger charge is 2.20.